The van der Waals surface area contributed by atoms with Gasteiger partial charge in [0, 0.05) is 11.5 Å². The van der Waals surface area contributed by atoms with E-state index in [1.165, 1.54) is 17.7 Å². The predicted octanol–water partition coefficient (Wildman–Crippen LogP) is 0.724. The highest BCUT2D eigenvalue weighted by Gasteiger charge is 2.18. The fourth-order valence-corrected chi connectivity index (χ4v) is 1.34. The summed E-state index contributed by atoms with van der Waals surface area (Å²) < 4.78 is 6.17. The van der Waals surface area contributed by atoms with Crippen molar-refractivity contribution in [1.82, 2.24) is 19.6 Å². The minimum Gasteiger partial charge on any atom is -0.467 e. The third-order valence-electron chi connectivity index (χ3n) is 2.27. The monoisotopic (exact) mass is 222 g/mol. The number of aromatic amines is 1. The number of H-pyrrole nitrogens is 1. The molecule has 0 saturated carbocycles. The Morgan fingerprint density at radius 1 is 1.38 bits per heavy atom. The van der Waals surface area contributed by atoms with Gasteiger partial charge in [-0.1, -0.05) is 20.8 Å². The number of nitrogens with one attached hydrogen (secondary N) is 1. The van der Waals surface area contributed by atoms with E-state index in [-0.39, 0.29) is 17.0 Å². The molecule has 0 bridgehead atoms. The predicted molar refractivity (Wildman–Crippen MR) is 58.9 cm³/mol. The first-order valence-corrected chi connectivity index (χ1v) is 4.96. The summed E-state index contributed by atoms with van der Waals surface area (Å²) in [6.45, 7) is 5.99. The van der Waals surface area contributed by atoms with E-state index in [1.54, 1.807) is 0 Å². The van der Waals surface area contributed by atoms with Crippen LogP contribution in [0, 0.1) is 0 Å². The SMILES string of the molecule is COc1nc2nc(C(C)(C)C)cc(=O)n2[nH]1. The molecule has 0 unspecified atom stereocenters. The lowest BCUT2D eigenvalue weighted by atomic mass is 9.92. The van der Waals surface area contributed by atoms with Crippen molar-refractivity contribution in [2.45, 2.75) is 26.2 Å². The Morgan fingerprint density at radius 3 is 2.62 bits per heavy atom. The van der Waals surface area contributed by atoms with Crippen molar-refractivity contribution in [2.75, 3.05) is 7.11 Å². The highest BCUT2D eigenvalue weighted by molar-refractivity contribution is 5.31. The molecule has 0 aliphatic heterocycles. The van der Waals surface area contributed by atoms with Crippen molar-refractivity contribution in [2.24, 2.45) is 0 Å². The molecule has 0 aliphatic carbocycles. The number of ether oxygens (including phenoxy) is 1. The molecule has 16 heavy (non-hydrogen) atoms. The average Bonchev–Trinajstić information content (AvgIpc) is 2.59. The van der Waals surface area contributed by atoms with Gasteiger partial charge in [-0.2, -0.15) is 9.50 Å². The number of methoxy groups -OCH3 is 1. The van der Waals surface area contributed by atoms with Crippen LogP contribution in [0.3, 0.4) is 0 Å². The van der Waals surface area contributed by atoms with Gasteiger partial charge in [0.05, 0.1) is 12.8 Å². The topological polar surface area (TPSA) is 72.3 Å². The van der Waals surface area contributed by atoms with Crippen LogP contribution < -0.4 is 10.3 Å². The fraction of sp³-hybridized carbons (Fsp3) is 0.500. The lowest BCUT2D eigenvalue weighted by molar-refractivity contribution is 0.380. The van der Waals surface area contributed by atoms with Gasteiger partial charge in [0.2, 0.25) is 0 Å². The van der Waals surface area contributed by atoms with Crippen LogP contribution in [0.15, 0.2) is 10.9 Å². The maximum atomic E-state index is 11.8. The second-order valence-corrected chi connectivity index (χ2v) is 4.60. The zero-order valence-corrected chi connectivity index (χ0v) is 9.74. The van der Waals surface area contributed by atoms with Crippen LogP contribution in [0.5, 0.6) is 6.01 Å². The largest absolute Gasteiger partial charge is 0.467 e. The maximum Gasteiger partial charge on any atom is 0.312 e. The van der Waals surface area contributed by atoms with Gasteiger partial charge in [-0.3, -0.25) is 4.79 Å². The van der Waals surface area contributed by atoms with Crippen LogP contribution in [-0.2, 0) is 5.41 Å². The van der Waals surface area contributed by atoms with E-state index < -0.39 is 0 Å². The van der Waals surface area contributed by atoms with E-state index in [1.807, 2.05) is 20.8 Å². The molecule has 86 valence electrons. The molecular weight excluding hydrogens is 208 g/mol. The summed E-state index contributed by atoms with van der Waals surface area (Å²) in [5.74, 6) is 0.328. The minimum atomic E-state index is -0.189. The first kappa shape index (κ1) is 10.7. The standard InChI is InChI=1S/C10H14N4O2/c1-10(2,3)6-5-7(15)14-8(11-6)12-9(13-14)16-4/h5H,1-4H3,(H,11,12,13). The van der Waals surface area contributed by atoms with Crippen LogP contribution in [0.4, 0.5) is 0 Å². The summed E-state index contributed by atoms with van der Waals surface area (Å²) in [6.07, 6.45) is 0. The second-order valence-electron chi connectivity index (χ2n) is 4.60. The van der Waals surface area contributed by atoms with Crippen molar-refractivity contribution < 1.29 is 4.74 Å². The normalized spacial score (nSPS) is 12.0. The second kappa shape index (κ2) is 3.33. The van der Waals surface area contributed by atoms with E-state index >= 15 is 0 Å². The fourth-order valence-electron chi connectivity index (χ4n) is 1.34. The smallest absolute Gasteiger partial charge is 0.312 e. The summed E-state index contributed by atoms with van der Waals surface area (Å²) in [5, 5.41) is 2.70. The Kier molecular flexibility index (Phi) is 2.22. The number of aromatic nitrogens is 4. The van der Waals surface area contributed by atoms with E-state index in [0.717, 1.165) is 0 Å². The van der Waals surface area contributed by atoms with Crippen molar-refractivity contribution in [3.63, 3.8) is 0 Å². The van der Waals surface area contributed by atoms with E-state index in [9.17, 15) is 4.79 Å². The van der Waals surface area contributed by atoms with Crippen molar-refractivity contribution in [3.05, 3.63) is 22.1 Å². The number of rotatable bonds is 1. The molecule has 1 N–H and O–H groups in total. The number of nitrogens with zero attached hydrogens (tertiary/aromatic N) is 3. The van der Waals surface area contributed by atoms with Crippen molar-refractivity contribution >= 4 is 5.78 Å². The molecule has 6 heteroatoms. The van der Waals surface area contributed by atoms with Gasteiger partial charge >= 0.3 is 6.01 Å². The summed E-state index contributed by atoms with van der Waals surface area (Å²) >= 11 is 0. The Hall–Kier alpha value is -1.85. The lowest BCUT2D eigenvalue weighted by Crippen LogP contribution is -2.22. The first-order chi connectivity index (χ1) is 7.41. The molecule has 6 nitrogen and oxygen atoms in total. The molecule has 0 atom stereocenters. The molecule has 2 aromatic rings. The zero-order chi connectivity index (χ0) is 11.9. The molecule has 0 aliphatic rings. The summed E-state index contributed by atoms with van der Waals surface area (Å²) in [6, 6.07) is 1.78. The Labute approximate surface area is 92.3 Å². The molecular formula is C10H14N4O2. The molecule has 0 radical (unpaired) electrons. The van der Waals surface area contributed by atoms with Crippen LogP contribution in [0.2, 0.25) is 0 Å². The molecule has 0 fully saturated rings. The van der Waals surface area contributed by atoms with Crippen LogP contribution >= 0.6 is 0 Å². The molecule has 0 spiro atoms. The zero-order valence-electron chi connectivity index (χ0n) is 9.74. The van der Waals surface area contributed by atoms with E-state index in [2.05, 4.69) is 15.1 Å². The highest BCUT2D eigenvalue weighted by atomic mass is 16.5. The van der Waals surface area contributed by atoms with Crippen molar-refractivity contribution in [1.29, 1.82) is 0 Å². The van der Waals surface area contributed by atoms with E-state index in [4.69, 9.17) is 4.74 Å². The maximum absolute atomic E-state index is 11.8. The summed E-state index contributed by atoms with van der Waals surface area (Å²) in [5.41, 5.74) is 0.345. The Bertz CT molecular complexity index is 576. The molecule has 2 rings (SSSR count). The van der Waals surface area contributed by atoms with Gasteiger partial charge in [-0.25, -0.2) is 10.1 Å². The van der Waals surface area contributed by atoms with Crippen LogP contribution in [0.25, 0.3) is 5.78 Å². The Balaban J connectivity index is 2.72. The number of hydrogen-bond donors (Lipinski definition) is 1. The lowest BCUT2D eigenvalue weighted by Gasteiger charge is -2.16. The molecule has 0 amide bonds. The van der Waals surface area contributed by atoms with Gasteiger partial charge in [-0.05, 0) is 0 Å². The van der Waals surface area contributed by atoms with Crippen molar-refractivity contribution in [3.8, 4) is 6.01 Å². The van der Waals surface area contributed by atoms with Gasteiger partial charge in [-0.15, -0.1) is 0 Å². The van der Waals surface area contributed by atoms with Crippen LogP contribution in [0.1, 0.15) is 26.5 Å². The summed E-state index contributed by atoms with van der Waals surface area (Å²) in [7, 11) is 1.48. The Morgan fingerprint density at radius 2 is 2.06 bits per heavy atom. The third-order valence-corrected chi connectivity index (χ3v) is 2.27. The number of fused-ring (bicyclic) bond motifs is 1. The van der Waals surface area contributed by atoms with Gasteiger partial charge in [0.15, 0.2) is 0 Å². The van der Waals surface area contributed by atoms with Gasteiger partial charge in [0.25, 0.3) is 11.3 Å². The van der Waals surface area contributed by atoms with Gasteiger partial charge in [0.1, 0.15) is 0 Å². The quantitative estimate of drug-likeness (QED) is 0.771. The average molecular weight is 222 g/mol. The third kappa shape index (κ3) is 1.66. The van der Waals surface area contributed by atoms with Gasteiger partial charge < -0.3 is 4.74 Å². The van der Waals surface area contributed by atoms with E-state index in [0.29, 0.717) is 11.5 Å². The molecule has 2 aromatic heterocycles. The molecule has 0 aromatic carbocycles. The molecule has 0 saturated heterocycles. The first-order valence-electron chi connectivity index (χ1n) is 4.96. The van der Waals surface area contributed by atoms with Crippen LogP contribution in [-0.4, -0.2) is 26.7 Å². The highest BCUT2D eigenvalue weighted by Crippen LogP contribution is 2.18. The minimum absolute atomic E-state index is 0.180. The molecule has 2 heterocycles. The summed E-state index contributed by atoms with van der Waals surface area (Å²) in [4.78, 5) is 20.1. The number of hydrogen-bond acceptors (Lipinski definition) is 4.